The summed E-state index contributed by atoms with van der Waals surface area (Å²) < 4.78 is 1.87. The Labute approximate surface area is 149 Å². The van der Waals surface area contributed by atoms with Crippen molar-refractivity contribution in [2.24, 2.45) is 11.7 Å². The van der Waals surface area contributed by atoms with Gasteiger partial charge in [-0.25, -0.2) is 9.78 Å². The Balaban J connectivity index is 2.33. The van der Waals surface area contributed by atoms with Crippen LogP contribution in [0.15, 0.2) is 35.7 Å². The molecule has 0 fully saturated rings. The molecule has 0 saturated carbocycles. The van der Waals surface area contributed by atoms with Gasteiger partial charge in [0.2, 0.25) is 5.91 Å². The molecule has 3 amide bonds. The Morgan fingerprint density at radius 2 is 2.08 bits per heavy atom. The van der Waals surface area contributed by atoms with E-state index in [2.05, 4.69) is 10.3 Å². The van der Waals surface area contributed by atoms with Crippen LogP contribution in [0.25, 0.3) is 5.69 Å². The Kier molecular flexibility index (Phi) is 5.90. The number of carbonyl (C=O) groups is 2. The monoisotopic (exact) mass is 366 g/mol. The lowest BCUT2D eigenvalue weighted by molar-refractivity contribution is -0.120. The maximum atomic E-state index is 12.2. The predicted octanol–water partition coefficient (Wildman–Crippen LogP) is 3.15. The molecule has 0 aliphatic heterocycles. The molecule has 1 aromatic carbocycles. The number of aromatic nitrogens is 2. The lowest BCUT2D eigenvalue weighted by atomic mass is 10.1. The number of primary amides is 1. The summed E-state index contributed by atoms with van der Waals surface area (Å²) in [4.78, 5) is 27.5. The molecular weight excluding hydrogens is 348 g/mol. The highest BCUT2D eigenvalue weighted by atomic mass is 35.5. The van der Waals surface area contributed by atoms with Crippen molar-refractivity contribution in [2.45, 2.75) is 31.2 Å². The zero-order chi connectivity index (χ0) is 17.9. The molecule has 1 heterocycles. The molecule has 1 unspecified atom stereocenters. The van der Waals surface area contributed by atoms with Gasteiger partial charge >= 0.3 is 6.03 Å². The zero-order valence-corrected chi connectivity index (χ0v) is 15.2. The van der Waals surface area contributed by atoms with Gasteiger partial charge in [0.25, 0.3) is 0 Å². The highest BCUT2D eigenvalue weighted by molar-refractivity contribution is 8.00. The van der Waals surface area contributed by atoms with Crippen molar-refractivity contribution in [3.63, 3.8) is 0 Å². The molecule has 0 bridgehead atoms. The molecule has 3 N–H and O–H groups in total. The van der Waals surface area contributed by atoms with E-state index in [1.54, 1.807) is 6.20 Å². The second-order valence-electron chi connectivity index (χ2n) is 5.60. The first kappa shape index (κ1) is 18.4. The number of nitrogens with two attached hydrogens (primary N) is 1. The van der Waals surface area contributed by atoms with E-state index in [0.29, 0.717) is 10.2 Å². The highest BCUT2D eigenvalue weighted by Gasteiger charge is 2.26. The van der Waals surface area contributed by atoms with Crippen molar-refractivity contribution in [1.82, 2.24) is 14.9 Å². The molecule has 0 spiro atoms. The van der Waals surface area contributed by atoms with Crippen LogP contribution in [-0.2, 0) is 4.79 Å². The molecule has 0 aliphatic rings. The lowest BCUT2D eigenvalue weighted by Crippen LogP contribution is -2.42. The summed E-state index contributed by atoms with van der Waals surface area (Å²) in [5.74, 6) is -0.445. The van der Waals surface area contributed by atoms with Gasteiger partial charge < -0.3 is 5.73 Å². The molecule has 0 saturated heterocycles. The van der Waals surface area contributed by atoms with E-state index in [-0.39, 0.29) is 5.92 Å². The van der Waals surface area contributed by atoms with Crippen LogP contribution in [-0.4, -0.2) is 26.7 Å². The van der Waals surface area contributed by atoms with Gasteiger partial charge in [-0.3, -0.25) is 14.7 Å². The molecule has 1 aromatic heterocycles. The first-order chi connectivity index (χ1) is 11.3. The standard InChI is InChI=1S/C16H19ClN4O2S/c1-9(2)13(14(22)20-15(18)23)24-16-19-7-8-21(16)12-6-4-5-11(17)10(12)3/h4-9,13H,1-3H3,(H3,18,20,22,23). The molecule has 24 heavy (non-hydrogen) atoms. The van der Waals surface area contributed by atoms with Crippen molar-refractivity contribution in [1.29, 1.82) is 0 Å². The van der Waals surface area contributed by atoms with Crippen LogP contribution >= 0.6 is 23.4 Å². The second-order valence-corrected chi connectivity index (χ2v) is 7.12. The molecule has 1 atom stereocenters. The molecule has 128 valence electrons. The largest absolute Gasteiger partial charge is 0.351 e. The minimum atomic E-state index is -0.861. The summed E-state index contributed by atoms with van der Waals surface area (Å²) in [7, 11) is 0. The first-order valence-electron chi connectivity index (χ1n) is 7.37. The SMILES string of the molecule is Cc1c(Cl)cccc1-n1ccnc1SC(C(=O)NC(N)=O)C(C)C. The third kappa shape index (κ3) is 4.10. The van der Waals surface area contributed by atoms with Crippen LogP contribution in [0.4, 0.5) is 4.79 Å². The summed E-state index contributed by atoms with van der Waals surface area (Å²) in [6, 6.07) is 4.75. The van der Waals surface area contributed by atoms with E-state index in [1.165, 1.54) is 11.8 Å². The second kappa shape index (κ2) is 7.72. The number of urea groups is 1. The number of hydrogen-bond acceptors (Lipinski definition) is 4. The minimum absolute atomic E-state index is 0.0139. The number of imide groups is 1. The number of nitrogens with one attached hydrogen (secondary N) is 1. The topological polar surface area (TPSA) is 90.0 Å². The van der Waals surface area contributed by atoms with E-state index in [0.717, 1.165) is 11.3 Å². The molecule has 6 nitrogen and oxygen atoms in total. The summed E-state index contributed by atoms with van der Waals surface area (Å²) in [6.45, 7) is 5.72. The summed E-state index contributed by atoms with van der Waals surface area (Å²) in [5.41, 5.74) is 6.85. The summed E-state index contributed by atoms with van der Waals surface area (Å²) in [6.07, 6.45) is 3.47. The predicted molar refractivity (Wildman–Crippen MR) is 95.5 cm³/mol. The number of benzene rings is 1. The molecular formula is C16H19ClN4O2S. The Bertz CT molecular complexity index is 760. The van der Waals surface area contributed by atoms with E-state index < -0.39 is 17.2 Å². The van der Waals surface area contributed by atoms with Gasteiger partial charge in [-0.15, -0.1) is 0 Å². The Morgan fingerprint density at radius 1 is 1.38 bits per heavy atom. The van der Waals surface area contributed by atoms with Crippen molar-refractivity contribution in [2.75, 3.05) is 0 Å². The number of imidazole rings is 1. The zero-order valence-electron chi connectivity index (χ0n) is 13.6. The van der Waals surface area contributed by atoms with Crippen molar-refractivity contribution in [3.8, 4) is 5.69 Å². The maximum absolute atomic E-state index is 12.2. The van der Waals surface area contributed by atoms with Crippen LogP contribution < -0.4 is 11.1 Å². The maximum Gasteiger partial charge on any atom is 0.318 e. The number of thioether (sulfide) groups is 1. The fourth-order valence-electron chi connectivity index (χ4n) is 2.22. The number of hydrogen-bond donors (Lipinski definition) is 2. The number of rotatable bonds is 5. The van der Waals surface area contributed by atoms with Crippen LogP contribution in [0.3, 0.4) is 0 Å². The number of amides is 3. The molecule has 0 radical (unpaired) electrons. The lowest BCUT2D eigenvalue weighted by Gasteiger charge is -2.19. The van der Waals surface area contributed by atoms with Gasteiger partial charge in [-0.2, -0.15) is 0 Å². The van der Waals surface area contributed by atoms with Crippen molar-refractivity contribution < 1.29 is 9.59 Å². The molecule has 2 rings (SSSR count). The highest BCUT2D eigenvalue weighted by Crippen LogP contribution is 2.31. The normalized spacial score (nSPS) is 12.2. The quantitative estimate of drug-likeness (QED) is 0.795. The summed E-state index contributed by atoms with van der Waals surface area (Å²) >= 11 is 7.47. The molecule has 2 aromatic rings. The number of nitrogens with zero attached hydrogens (tertiary/aromatic N) is 2. The van der Waals surface area contributed by atoms with Crippen LogP contribution in [0.2, 0.25) is 5.02 Å². The van der Waals surface area contributed by atoms with E-state index in [4.69, 9.17) is 17.3 Å². The van der Waals surface area contributed by atoms with Crippen molar-refractivity contribution >= 4 is 35.3 Å². The molecule has 8 heteroatoms. The van der Waals surface area contributed by atoms with Crippen molar-refractivity contribution in [3.05, 3.63) is 41.2 Å². The smallest absolute Gasteiger partial charge is 0.318 e. The van der Waals surface area contributed by atoms with Crippen LogP contribution in [0, 0.1) is 12.8 Å². The number of halogens is 1. The Morgan fingerprint density at radius 3 is 2.71 bits per heavy atom. The van der Waals surface area contributed by atoms with E-state index in [9.17, 15) is 9.59 Å². The minimum Gasteiger partial charge on any atom is -0.351 e. The fraction of sp³-hybridized carbons (Fsp3) is 0.312. The van der Waals surface area contributed by atoms with Gasteiger partial charge in [-0.1, -0.05) is 43.3 Å². The number of carbonyl (C=O) groups excluding carboxylic acids is 2. The average molecular weight is 367 g/mol. The van der Waals surface area contributed by atoms with Crippen LogP contribution in [0.1, 0.15) is 19.4 Å². The third-order valence-electron chi connectivity index (χ3n) is 3.45. The molecule has 0 aliphatic carbocycles. The third-order valence-corrected chi connectivity index (χ3v) is 5.38. The van der Waals surface area contributed by atoms with Gasteiger partial charge in [0.05, 0.1) is 10.9 Å². The van der Waals surface area contributed by atoms with E-state index in [1.807, 2.05) is 49.7 Å². The van der Waals surface area contributed by atoms with Gasteiger partial charge in [0.15, 0.2) is 5.16 Å². The fourth-order valence-corrected chi connectivity index (χ4v) is 3.45. The van der Waals surface area contributed by atoms with Crippen LogP contribution in [0.5, 0.6) is 0 Å². The first-order valence-corrected chi connectivity index (χ1v) is 8.62. The summed E-state index contributed by atoms with van der Waals surface area (Å²) in [5, 5.41) is 2.93. The van der Waals surface area contributed by atoms with Gasteiger partial charge in [0, 0.05) is 17.4 Å². The van der Waals surface area contributed by atoms with Gasteiger partial charge in [-0.05, 0) is 30.5 Å². The Hall–Kier alpha value is -1.99. The van der Waals surface area contributed by atoms with Gasteiger partial charge in [0.1, 0.15) is 0 Å². The van der Waals surface area contributed by atoms with E-state index >= 15 is 0 Å². The average Bonchev–Trinajstić information content (AvgIpc) is 2.94.